The molecular weight excluding hydrogens is 360 g/mol. The standard InChI is InChI=1S/C19H13F2NO5/c20-14-6-3-12(9-15(14)21)16(23)10-27-19(26)11-1-4-13(5-2-11)22-17(24)7-8-18(22)25/h1-6,9H,7-8,10H2. The van der Waals surface area contributed by atoms with Gasteiger partial charge in [0.1, 0.15) is 0 Å². The van der Waals surface area contributed by atoms with Gasteiger partial charge in [0, 0.05) is 18.4 Å². The molecule has 0 radical (unpaired) electrons. The van der Waals surface area contributed by atoms with E-state index in [1.165, 1.54) is 24.3 Å². The lowest BCUT2D eigenvalue weighted by Crippen LogP contribution is -2.28. The van der Waals surface area contributed by atoms with Crippen LogP contribution in [0.25, 0.3) is 0 Å². The zero-order valence-corrected chi connectivity index (χ0v) is 13.9. The first-order chi connectivity index (χ1) is 12.9. The van der Waals surface area contributed by atoms with Crippen molar-refractivity contribution in [2.45, 2.75) is 12.8 Å². The van der Waals surface area contributed by atoms with Crippen LogP contribution in [0.1, 0.15) is 33.6 Å². The number of rotatable bonds is 5. The maximum absolute atomic E-state index is 13.1. The summed E-state index contributed by atoms with van der Waals surface area (Å²) >= 11 is 0. The van der Waals surface area contributed by atoms with Gasteiger partial charge in [0.15, 0.2) is 24.0 Å². The zero-order chi connectivity index (χ0) is 19.6. The monoisotopic (exact) mass is 373 g/mol. The van der Waals surface area contributed by atoms with Crippen LogP contribution in [0.4, 0.5) is 14.5 Å². The quantitative estimate of drug-likeness (QED) is 0.457. The van der Waals surface area contributed by atoms with E-state index in [0.717, 1.165) is 23.1 Å². The van der Waals surface area contributed by atoms with Gasteiger partial charge < -0.3 is 4.74 Å². The molecule has 0 aliphatic carbocycles. The van der Waals surface area contributed by atoms with Gasteiger partial charge in [0.2, 0.25) is 11.8 Å². The van der Waals surface area contributed by atoms with E-state index in [1.54, 1.807) is 0 Å². The van der Waals surface area contributed by atoms with Crippen LogP contribution in [0.5, 0.6) is 0 Å². The van der Waals surface area contributed by atoms with Crippen molar-refractivity contribution in [3.63, 3.8) is 0 Å². The third kappa shape index (κ3) is 3.89. The normalized spacial score (nSPS) is 13.8. The summed E-state index contributed by atoms with van der Waals surface area (Å²) in [4.78, 5) is 48.3. The molecule has 3 rings (SSSR count). The lowest BCUT2D eigenvalue weighted by atomic mass is 10.1. The third-order valence-electron chi connectivity index (χ3n) is 3.99. The summed E-state index contributed by atoms with van der Waals surface area (Å²) in [6.45, 7) is -0.644. The van der Waals surface area contributed by atoms with Crippen LogP contribution in [0, 0.1) is 11.6 Å². The molecule has 1 aliphatic heterocycles. The van der Waals surface area contributed by atoms with Crippen LogP contribution in [0.15, 0.2) is 42.5 Å². The van der Waals surface area contributed by atoms with Gasteiger partial charge in [-0.05, 0) is 42.5 Å². The number of hydrogen-bond donors (Lipinski definition) is 0. The van der Waals surface area contributed by atoms with Crippen LogP contribution in [0.3, 0.4) is 0 Å². The number of anilines is 1. The predicted molar refractivity (Wildman–Crippen MR) is 89.1 cm³/mol. The van der Waals surface area contributed by atoms with Crippen molar-refractivity contribution in [3.05, 3.63) is 65.2 Å². The summed E-state index contributed by atoms with van der Waals surface area (Å²) in [5, 5.41) is 0. The number of nitrogens with zero attached hydrogens (tertiary/aromatic N) is 1. The van der Waals surface area contributed by atoms with E-state index in [-0.39, 0.29) is 35.8 Å². The molecule has 0 atom stereocenters. The van der Waals surface area contributed by atoms with Gasteiger partial charge in [0.25, 0.3) is 0 Å². The van der Waals surface area contributed by atoms with Crippen LogP contribution in [-0.2, 0) is 14.3 Å². The number of benzene rings is 2. The Morgan fingerprint density at radius 1 is 0.889 bits per heavy atom. The Balaban J connectivity index is 1.62. The first-order valence-corrected chi connectivity index (χ1v) is 7.98. The molecule has 2 aromatic carbocycles. The van der Waals surface area contributed by atoms with E-state index in [9.17, 15) is 28.0 Å². The van der Waals surface area contributed by atoms with Crippen molar-refractivity contribution in [1.29, 1.82) is 0 Å². The Morgan fingerprint density at radius 2 is 1.48 bits per heavy atom. The molecule has 1 saturated heterocycles. The second-order valence-electron chi connectivity index (χ2n) is 5.80. The van der Waals surface area contributed by atoms with E-state index in [0.29, 0.717) is 5.69 Å². The van der Waals surface area contributed by atoms with Gasteiger partial charge in [-0.3, -0.25) is 19.3 Å². The van der Waals surface area contributed by atoms with E-state index in [4.69, 9.17) is 4.74 Å². The second kappa shape index (κ2) is 7.45. The molecule has 8 heteroatoms. The van der Waals surface area contributed by atoms with Crippen LogP contribution < -0.4 is 4.90 Å². The van der Waals surface area contributed by atoms with Gasteiger partial charge in [-0.2, -0.15) is 0 Å². The molecule has 138 valence electrons. The van der Waals surface area contributed by atoms with E-state index < -0.39 is 30.0 Å². The Labute approximate surface area is 152 Å². The van der Waals surface area contributed by atoms with Crippen molar-refractivity contribution in [2.75, 3.05) is 11.5 Å². The zero-order valence-electron chi connectivity index (χ0n) is 13.9. The molecule has 1 heterocycles. The fourth-order valence-electron chi connectivity index (χ4n) is 2.58. The van der Waals surface area contributed by atoms with E-state index in [1.807, 2.05) is 0 Å². The number of esters is 1. The lowest BCUT2D eigenvalue weighted by molar-refractivity contribution is -0.121. The number of ketones is 1. The molecule has 0 spiro atoms. The van der Waals surface area contributed by atoms with Crippen molar-refractivity contribution < 1.29 is 32.7 Å². The molecule has 2 aromatic rings. The molecule has 0 saturated carbocycles. The summed E-state index contributed by atoms with van der Waals surface area (Å²) in [7, 11) is 0. The Kier molecular flexibility index (Phi) is 5.07. The lowest BCUT2D eigenvalue weighted by Gasteiger charge is -2.14. The second-order valence-corrected chi connectivity index (χ2v) is 5.80. The van der Waals surface area contributed by atoms with Gasteiger partial charge in [-0.1, -0.05) is 0 Å². The molecule has 0 N–H and O–H groups in total. The van der Waals surface area contributed by atoms with Gasteiger partial charge in [-0.15, -0.1) is 0 Å². The molecule has 0 aromatic heterocycles. The fraction of sp³-hybridized carbons (Fsp3) is 0.158. The van der Waals surface area contributed by atoms with Crippen molar-refractivity contribution in [3.8, 4) is 0 Å². The number of halogens is 2. The number of imide groups is 1. The predicted octanol–water partition coefficient (Wildman–Crippen LogP) is 2.66. The number of Topliss-reactive ketones (excluding diaryl/α,β-unsaturated/α-hetero) is 1. The van der Waals surface area contributed by atoms with Crippen LogP contribution in [-0.4, -0.2) is 30.2 Å². The number of carbonyl (C=O) groups excluding carboxylic acids is 4. The molecule has 6 nitrogen and oxygen atoms in total. The number of carbonyl (C=O) groups is 4. The molecule has 1 aliphatic rings. The van der Waals surface area contributed by atoms with E-state index >= 15 is 0 Å². The number of amides is 2. The van der Waals surface area contributed by atoms with Gasteiger partial charge >= 0.3 is 5.97 Å². The molecule has 0 unspecified atom stereocenters. The average Bonchev–Trinajstić information content (AvgIpc) is 3.00. The highest BCUT2D eigenvalue weighted by molar-refractivity contribution is 6.19. The third-order valence-corrected chi connectivity index (χ3v) is 3.99. The minimum absolute atomic E-state index is 0.107. The first-order valence-electron chi connectivity index (χ1n) is 7.98. The van der Waals surface area contributed by atoms with Crippen molar-refractivity contribution in [1.82, 2.24) is 0 Å². The molecule has 2 amide bonds. The SMILES string of the molecule is O=C(COC(=O)c1ccc(N2C(=O)CCC2=O)cc1)c1ccc(F)c(F)c1. The maximum Gasteiger partial charge on any atom is 0.338 e. The Morgan fingerprint density at radius 3 is 2.07 bits per heavy atom. The summed E-state index contributed by atoms with van der Waals surface area (Å²) in [5.74, 6) is -4.38. The molecule has 1 fully saturated rings. The minimum atomic E-state index is -1.17. The summed E-state index contributed by atoms with van der Waals surface area (Å²) in [6.07, 6.45) is 0.295. The summed E-state index contributed by atoms with van der Waals surface area (Å²) in [5.41, 5.74) is 0.330. The van der Waals surface area contributed by atoms with Gasteiger partial charge in [-0.25, -0.2) is 13.6 Å². The highest BCUT2D eigenvalue weighted by Crippen LogP contribution is 2.23. The molecule has 27 heavy (non-hydrogen) atoms. The van der Waals surface area contributed by atoms with Crippen molar-refractivity contribution in [2.24, 2.45) is 0 Å². The fourth-order valence-corrected chi connectivity index (χ4v) is 2.58. The maximum atomic E-state index is 13.1. The highest BCUT2D eigenvalue weighted by Gasteiger charge is 2.30. The van der Waals surface area contributed by atoms with Gasteiger partial charge in [0.05, 0.1) is 11.3 Å². The molecule has 0 bridgehead atoms. The van der Waals surface area contributed by atoms with E-state index in [2.05, 4.69) is 0 Å². The largest absolute Gasteiger partial charge is 0.454 e. The topological polar surface area (TPSA) is 80.8 Å². The summed E-state index contributed by atoms with van der Waals surface area (Å²) < 4.78 is 30.9. The Hall–Kier alpha value is -3.42. The van der Waals surface area contributed by atoms with Crippen LogP contribution >= 0.6 is 0 Å². The minimum Gasteiger partial charge on any atom is -0.454 e. The number of ether oxygens (including phenoxy) is 1. The van der Waals surface area contributed by atoms with Crippen LogP contribution in [0.2, 0.25) is 0 Å². The first kappa shape index (κ1) is 18.4. The van der Waals surface area contributed by atoms with Crippen molar-refractivity contribution >= 4 is 29.3 Å². The highest BCUT2D eigenvalue weighted by atomic mass is 19.2. The summed E-state index contributed by atoms with van der Waals surface area (Å²) in [6, 6.07) is 8.20. The Bertz CT molecular complexity index is 924. The molecular formula is C19H13F2NO5. The number of hydrogen-bond acceptors (Lipinski definition) is 5. The smallest absolute Gasteiger partial charge is 0.338 e. The average molecular weight is 373 g/mol.